The molecule has 12 nitrogen and oxygen atoms in total. The zero-order valence-corrected chi connectivity index (χ0v) is 37.9. The Labute approximate surface area is 409 Å². The van der Waals surface area contributed by atoms with Gasteiger partial charge in [-0.2, -0.15) is 43.9 Å². The Kier molecular flexibility index (Phi) is 18.2. The average Bonchev–Trinajstić information content (AvgIpc) is 3.32. The number of benzene rings is 5. The second-order valence-corrected chi connectivity index (χ2v) is 16.2. The van der Waals surface area contributed by atoms with Crippen LogP contribution in [0.2, 0.25) is 0 Å². The highest BCUT2D eigenvalue weighted by molar-refractivity contribution is 6.01. The maximum Gasteiger partial charge on any atom is 0.453 e. The largest absolute Gasteiger partial charge is 0.494 e. The Balaban J connectivity index is 1.14. The van der Waals surface area contributed by atoms with Crippen LogP contribution in [0.15, 0.2) is 127 Å². The van der Waals surface area contributed by atoms with Crippen molar-refractivity contribution in [2.24, 2.45) is 0 Å². The van der Waals surface area contributed by atoms with Gasteiger partial charge in [0.1, 0.15) is 23.0 Å². The van der Waals surface area contributed by atoms with Gasteiger partial charge in [0.2, 0.25) is 11.6 Å². The smallest absolute Gasteiger partial charge is 0.453 e. The number of aliphatic hydroxyl groups is 2. The van der Waals surface area contributed by atoms with E-state index >= 15 is 0 Å². The summed E-state index contributed by atoms with van der Waals surface area (Å²) in [5.41, 5.74) is 13.0. The van der Waals surface area contributed by atoms with Gasteiger partial charge in [0.15, 0.2) is 5.78 Å². The van der Waals surface area contributed by atoms with Crippen LogP contribution in [0.4, 0.5) is 55.3 Å². The van der Waals surface area contributed by atoms with Gasteiger partial charge in [-0.1, -0.05) is 36.4 Å². The van der Waals surface area contributed by atoms with E-state index in [1.54, 1.807) is 0 Å². The molecule has 0 amide bonds. The molecule has 0 fully saturated rings. The molecule has 0 aromatic heterocycles. The van der Waals surface area contributed by atoms with Crippen molar-refractivity contribution in [3.05, 3.63) is 155 Å². The highest BCUT2D eigenvalue weighted by Crippen LogP contribution is 2.40. The summed E-state index contributed by atoms with van der Waals surface area (Å²) in [5.74, 6) is -17.7. The van der Waals surface area contributed by atoms with E-state index in [0.29, 0.717) is 11.1 Å². The van der Waals surface area contributed by atoms with E-state index in [0.717, 1.165) is 12.2 Å². The number of allylic oxidation sites excluding steroid dienone is 1. The first-order valence-corrected chi connectivity index (χ1v) is 21.7. The Bertz CT molecular complexity index is 2740. The molecule has 0 aliphatic carbocycles. The molecule has 0 saturated carbocycles. The molecule has 388 valence electrons. The van der Waals surface area contributed by atoms with Crippen molar-refractivity contribution in [1.82, 2.24) is 0 Å². The Morgan fingerprint density at radius 2 is 0.890 bits per heavy atom. The maximum absolute atomic E-state index is 13.4. The van der Waals surface area contributed by atoms with Crippen LogP contribution in [-0.4, -0.2) is 76.9 Å². The first-order valence-electron chi connectivity index (χ1n) is 21.7. The zero-order valence-electron chi connectivity index (χ0n) is 37.9. The van der Waals surface area contributed by atoms with Crippen molar-refractivity contribution < 1.29 is 92.2 Å². The molecule has 5 aromatic carbocycles. The first kappa shape index (κ1) is 56.2. The van der Waals surface area contributed by atoms with E-state index in [9.17, 15) is 73.3 Å². The summed E-state index contributed by atoms with van der Waals surface area (Å²) in [5, 5.41) is 22.6. The van der Waals surface area contributed by atoms with Crippen molar-refractivity contribution in [3.63, 3.8) is 0 Å². The molecule has 0 spiro atoms. The number of halogens is 10. The summed E-state index contributed by atoms with van der Waals surface area (Å²) in [6.45, 7) is -0.866. The van der Waals surface area contributed by atoms with Crippen LogP contribution < -0.4 is 30.4 Å². The first-order chi connectivity index (χ1) is 34.1. The van der Waals surface area contributed by atoms with Gasteiger partial charge < -0.3 is 40.6 Å². The second-order valence-electron chi connectivity index (χ2n) is 16.2. The molecule has 6 N–H and O–H groups in total. The molecule has 1 atom stereocenters. The van der Waals surface area contributed by atoms with Crippen molar-refractivity contribution in [2.45, 2.75) is 68.0 Å². The van der Waals surface area contributed by atoms with Crippen molar-refractivity contribution in [1.29, 1.82) is 0 Å². The van der Waals surface area contributed by atoms with E-state index in [-0.39, 0.29) is 51.1 Å². The Morgan fingerprint density at radius 1 is 0.521 bits per heavy atom. The molecule has 0 bridgehead atoms. The quantitative estimate of drug-likeness (QED) is 0.00920. The molecule has 0 aliphatic rings. The lowest BCUT2D eigenvalue weighted by molar-refractivity contribution is -0.284. The van der Waals surface area contributed by atoms with Crippen LogP contribution in [0.5, 0.6) is 23.0 Å². The predicted molar refractivity (Wildman–Crippen MR) is 245 cm³/mol. The molecule has 0 heterocycles. The number of hydrogen-bond acceptors (Lipinski definition) is 12. The van der Waals surface area contributed by atoms with Crippen LogP contribution >= 0.6 is 0 Å². The summed E-state index contributed by atoms with van der Waals surface area (Å²) in [6, 6.07) is 25.7. The summed E-state index contributed by atoms with van der Waals surface area (Å²) in [6.07, 6.45) is -11.5. The third-order valence-corrected chi connectivity index (χ3v) is 10.5. The van der Waals surface area contributed by atoms with E-state index in [2.05, 4.69) is 0 Å². The van der Waals surface area contributed by atoms with E-state index in [1.807, 2.05) is 0 Å². The molecule has 0 saturated heterocycles. The number of alkyl halides is 10. The van der Waals surface area contributed by atoms with E-state index < -0.39 is 105 Å². The van der Waals surface area contributed by atoms with Gasteiger partial charge in [-0.3, -0.25) is 9.59 Å². The van der Waals surface area contributed by atoms with Crippen LogP contribution in [0.1, 0.15) is 75.4 Å². The minimum Gasteiger partial charge on any atom is -0.494 e. The zero-order chi connectivity index (χ0) is 53.8. The molecule has 0 aliphatic heterocycles. The van der Waals surface area contributed by atoms with Crippen molar-refractivity contribution >= 4 is 47.0 Å². The predicted octanol–water partition coefficient (Wildman–Crippen LogP) is 10.7. The molecule has 1 unspecified atom stereocenters. The molecule has 5 aromatic rings. The fourth-order valence-electron chi connectivity index (χ4n) is 6.57. The number of anilines is 2. The van der Waals surface area contributed by atoms with Crippen molar-refractivity contribution in [2.75, 3.05) is 24.7 Å². The molecule has 0 radical (unpaired) electrons. The van der Waals surface area contributed by atoms with Gasteiger partial charge in [-0.05, 0) is 133 Å². The molecular weight excluding hydrogens is 991 g/mol. The fraction of sp³-hybridized carbons (Fsp3) is 0.255. The standard InChI is InChI=1S/C51H44F10N2O10/c52-47(53,50(56,57)58)23-1-25-70-39-18-9-33(10-19-39)45(66)72-41-14-4-31(5-15-41)3-13-38(64)30-43(35-27-36(62)29-37(63)28-35)49(68,69)44(65)22-8-32-6-16-42(17-7-32)73-46(67)34-11-20-40(21-12-34)71-26-2-24-48(54,55)51(59,60)61/h3-22,27-29,43,68-69H,1-2,23-26,30,62-63H2/b13-3+,22-8+. The number of ketones is 2. The van der Waals surface area contributed by atoms with Gasteiger partial charge in [0.25, 0.3) is 0 Å². The Hall–Kier alpha value is -7.72. The highest BCUT2D eigenvalue weighted by atomic mass is 19.4. The van der Waals surface area contributed by atoms with E-state index in [1.165, 1.54) is 127 Å². The average molecular weight is 1030 g/mol. The molecular formula is C51H44F10N2O10. The second kappa shape index (κ2) is 23.7. The summed E-state index contributed by atoms with van der Waals surface area (Å²) < 4.78 is 148. The lowest BCUT2D eigenvalue weighted by Crippen LogP contribution is -2.44. The number of carbonyl (C=O) groups is 4. The van der Waals surface area contributed by atoms with Crippen LogP contribution in [0, 0.1) is 0 Å². The minimum absolute atomic E-state index is 0.0398. The number of ether oxygens (including phenoxy) is 4. The fourth-order valence-corrected chi connectivity index (χ4v) is 6.57. The number of hydrogen-bond donors (Lipinski definition) is 4. The summed E-state index contributed by atoms with van der Waals surface area (Å²) >= 11 is 0. The topological polar surface area (TPSA) is 198 Å². The van der Waals surface area contributed by atoms with Gasteiger partial charge in [0, 0.05) is 30.6 Å². The van der Waals surface area contributed by atoms with Gasteiger partial charge >= 0.3 is 36.1 Å². The SMILES string of the molecule is Nc1cc(N)cc(C(CC(=O)/C=C/c2ccc(OC(=O)c3ccc(OCCCC(F)(F)C(F)(F)F)cc3)cc2)C(O)(O)C(=O)/C=C/c2ccc(OC(=O)c3ccc(OCCCC(F)(F)C(F)(F)F)cc3)cc2)c1. The summed E-state index contributed by atoms with van der Waals surface area (Å²) in [4.78, 5) is 52.2. The van der Waals surface area contributed by atoms with Gasteiger partial charge in [0.05, 0.1) is 30.3 Å². The summed E-state index contributed by atoms with van der Waals surface area (Å²) in [7, 11) is 0. The number of nitrogens with two attached hydrogens (primary N) is 2. The minimum atomic E-state index is -5.67. The van der Waals surface area contributed by atoms with Crippen LogP contribution in [-0.2, 0) is 9.59 Å². The normalized spacial score (nSPS) is 12.9. The third-order valence-electron chi connectivity index (χ3n) is 10.5. The van der Waals surface area contributed by atoms with Crippen LogP contribution in [0.3, 0.4) is 0 Å². The monoisotopic (exact) mass is 1030 g/mol. The number of esters is 2. The highest BCUT2D eigenvalue weighted by Gasteiger charge is 2.57. The lowest BCUT2D eigenvalue weighted by atomic mass is 9.83. The third kappa shape index (κ3) is 16.1. The molecule has 22 heteroatoms. The van der Waals surface area contributed by atoms with Gasteiger partial charge in [-0.25, -0.2) is 9.59 Å². The lowest BCUT2D eigenvalue weighted by Gasteiger charge is -2.29. The molecule has 73 heavy (non-hydrogen) atoms. The van der Waals surface area contributed by atoms with E-state index in [4.69, 9.17) is 30.4 Å². The number of rotatable bonds is 23. The Morgan fingerprint density at radius 3 is 1.27 bits per heavy atom. The molecule has 5 rings (SSSR count). The number of nitrogen functional groups attached to an aromatic ring is 2. The maximum atomic E-state index is 13.4. The van der Waals surface area contributed by atoms with Gasteiger partial charge in [-0.15, -0.1) is 0 Å². The van der Waals surface area contributed by atoms with Crippen molar-refractivity contribution in [3.8, 4) is 23.0 Å². The number of carbonyl (C=O) groups excluding carboxylic acids is 4. The van der Waals surface area contributed by atoms with Crippen LogP contribution in [0.25, 0.3) is 12.2 Å².